The highest BCUT2D eigenvalue weighted by Crippen LogP contribution is 2.68. The van der Waals surface area contributed by atoms with Crippen LogP contribution in [0.3, 0.4) is 0 Å². The van der Waals surface area contributed by atoms with E-state index in [2.05, 4.69) is 30.6 Å². The average molecular weight is 520 g/mol. The van der Waals surface area contributed by atoms with E-state index in [1.807, 2.05) is 0 Å². The molecule has 0 bridgehead atoms. The number of aromatic nitrogens is 2. The molecule has 1 aromatic rings. The molecule has 1 heterocycles. The topological polar surface area (TPSA) is 101 Å². The highest BCUT2D eigenvalue weighted by molar-refractivity contribution is 7.89. The SMILES string of the molecule is C[C@H](CCC(=O)O)C1CC[C@H]2[C@@H]3CC[C@@H]4CC(NS(=O)(=O)c5ccn(C)n5)CC[C@]4(C)[C@H]3CC[C@]12C. The van der Waals surface area contributed by atoms with Crippen LogP contribution < -0.4 is 4.72 Å². The van der Waals surface area contributed by atoms with Gasteiger partial charge in [-0.15, -0.1) is 0 Å². The van der Waals surface area contributed by atoms with Gasteiger partial charge in [-0.05, 0) is 117 Å². The van der Waals surface area contributed by atoms with Gasteiger partial charge in [0.1, 0.15) is 0 Å². The van der Waals surface area contributed by atoms with Crippen molar-refractivity contribution in [3.8, 4) is 0 Å². The number of fused-ring (bicyclic) bond motifs is 5. The Morgan fingerprint density at radius 1 is 1.14 bits per heavy atom. The van der Waals surface area contributed by atoms with Gasteiger partial charge in [-0.2, -0.15) is 5.10 Å². The quantitative estimate of drug-likeness (QED) is 0.514. The molecule has 0 spiro atoms. The standard InChI is InChI=1S/C28H45N3O4S/c1-18(5-10-26(32)33)22-8-9-23-21-7-6-19-17-20(30-36(34,35)25-13-16-31(4)29-25)11-14-27(19,2)24(21)12-15-28(22,23)3/h13,16,18-24,30H,5-12,14-15,17H2,1-4H3,(H,32,33)/t18-,19-,20?,21+,22?,23+,24+,27+,28-/m1/s1. The number of aliphatic carboxylic acids is 1. The average Bonchev–Trinajstić information content (AvgIpc) is 3.41. The number of sulfonamides is 1. The predicted molar refractivity (Wildman–Crippen MR) is 139 cm³/mol. The first-order valence-corrected chi connectivity index (χ1v) is 15.7. The summed E-state index contributed by atoms with van der Waals surface area (Å²) in [5.41, 5.74) is 0.641. The molecule has 4 fully saturated rings. The van der Waals surface area contributed by atoms with Crippen molar-refractivity contribution in [2.75, 3.05) is 0 Å². The number of carboxylic acids is 1. The van der Waals surface area contributed by atoms with Gasteiger partial charge in [-0.1, -0.05) is 20.8 Å². The minimum absolute atomic E-state index is 0.00793. The summed E-state index contributed by atoms with van der Waals surface area (Å²) in [6.07, 6.45) is 13.2. The molecule has 0 saturated heterocycles. The fourth-order valence-electron chi connectivity index (χ4n) is 9.71. The van der Waals surface area contributed by atoms with Gasteiger partial charge in [-0.3, -0.25) is 9.48 Å². The van der Waals surface area contributed by atoms with Gasteiger partial charge in [-0.25, -0.2) is 13.1 Å². The van der Waals surface area contributed by atoms with Gasteiger partial charge in [0.2, 0.25) is 0 Å². The summed E-state index contributed by atoms with van der Waals surface area (Å²) in [4.78, 5) is 11.2. The van der Waals surface area contributed by atoms with Gasteiger partial charge < -0.3 is 5.11 Å². The van der Waals surface area contributed by atoms with Crippen LogP contribution in [0.1, 0.15) is 91.4 Å². The molecule has 8 heteroatoms. The zero-order valence-corrected chi connectivity index (χ0v) is 23.3. The van der Waals surface area contributed by atoms with E-state index in [-0.39, 0.29) is 17.5 Å². The van der Waals surface area contributed by atoms with Crippen LogP contribution in [0.4, 0.5) is 0 Å². The van der Waals surface area contributed by atoms with Crippen molar-refractivity contribution in [3.63, 3.8) is 0 Å². The van der Waals surface area contributed by atoms with Crippen molar-refractivity contribution in [3.05, 3.63) is 12.3 Å². The molecule has 0 radical (unpaired) electrons. The van der Waals surface area contributed by atoms with Crippen LogP contribution in [0, 0.1) is 46.3 Å². The summed E-state index contributed by atoms with van der Waals surface area (Å²) in [7, 11) is -1.85. The summed E-state index contributed by atoms with van der Waals surface area (Å²) < 4.78 is 30.3. The van der Waals surface area contributed by atoms with Crippen molar-refractivity contribution in [1.82, 2.24) is 14.5 Å². The first kappa shape index (κ1) is 26.2. The van der Waals surface area contributed by atoms with Gasteiger partial charge in [0, 0.05) is 25.7 Å². The molecular weight excluding hydrogens is 474 g/mol. The van der Waals surface area contributed by atoms with Crippen molar-refractivity contribution in [2.24, 2.45) is 53.4 Å². The molecule has 36 heavy (non-hydrogen) atoms. The fourth-order valence-corrected chi connectivity index (χ4v) is 11.0. The molecular formula is C28H45N3O4S. The van der Waals surface area contributed by atoms with E-state index in [1.54, 1.807) is 19.3 Å². The lowest BCUT2D eigenvalue weighted by molar-refractivity contribution is -0.137. The van der Waals surface area contributed by atoms with E-state index in [9.17, 15) is 18.3 Å². The molecule has 0 aromatic carbocycles. The summed E-state index contributed by atoms with van der Waals surface area (Å²) >= 11 is 0. The molecule has 5 rings (SSSR count). The minimum Gasteiger partial charge on any atom is -0.481 e. The second kappa shape index (κ2) is 9.40. The molecule has 0 amide bonds. The number of hydrogen-bond donors (Lipinski definition) is 2. The molecule has 2 unspecified atom stereocenters. The first-order chi connectivity index (χ1) is 16.9. The van der Waals surface area contributed by atoms with Gasteiger partial charge in [0.15, 0.2) is 5.03 Å². The van der Waals surface area contributed by atoms with Gasteiger partial charge >= 0.3 is 5.97 Å². The van der Waals surface area contributed by atoms with Crippen LogP contribution in [0.25, 0.3) is 0 Å². The van der Waals surface area contributed by atoms with Crippen LogP contribution in [0.2, 0.25) is 0 Å². The van der Waals surface area contributed by atoms with Crippen LogP contribution in [-0.2, 0) is 21.9 Å². The Morgan fingerprint density at radius 2 is 1.86 bits per heavy atom. The zero-order chi connectivity index (χ0) is 25.9. The van der Waals surface area contributed by atoms with E-state index in [0.717, 1.165) is 43.4 Å². The van der Waals surface area contributed by atoms with Crippen LogP contribution in [0.15, 0.2) is 17.3 Å². The molecule has 9 atom stereocenters. The minimum atomic E-state index is -3.58. The summed E-state index contributed by atoms with van der Waals surface area (Å²) in [5, 5.41) is 13.4. The van der Waals surface area contributed by atoms with Gasteiger partial charge in [0.05, 0.1) is 0 Å². The van der Waals surface area contributed by atoms with Gasteiger partial charge in [0.25, 0.3) is 10.0 Å². The molecule has 202 valence electrons. The third-order valence-corrected chi connectivity index (χ3v) is 12.9. The zero-order valence-electron chi connectivity index (χ0n) is 22.4. The van der Waals surface area contributed by atoms with E-state index < -0.39 is 16.0 Å². The lowest BCUT2D eigenvalue weighted by Gasteiger charge is -2.61. The molecule has 1 aromatic heterocycles. The van der Waals surface area contributed by atoms with Crippen molar-refractivity contribution < 1.29 is 18.3 Å². The first-order valence-electron chi connectivity index (χ1n) is 14.2. The van der Waals surface area contributed by atoms with Crippen LogP contribution in [-0.4, -0.2) is 35.3 Å². The smallest absolute Gasteiger partial charge is 0.303 e. The van der Waals surface area contributed by atoms with E-state index in [4.69, 9.17) is 0 Å². The van der Waals surface area contributed by atoms with Crippen LogP contribution in [0.5, 0.6) is 0 Å². The predicted octanol–water partition coefficient (Wildman–Crippen LogP) is 5.23. The van der Waals surface area contributed by atoms with E-state index in [1.165, 1.54) is 43.2 Å². The van der Waals surface area contributed by atoms with E-state index >= 15 is 0 Å². The number of nitrogens with zero attached hydrogens (tertiary/aromatic N) is 2. The number of nitrogens with one attached hydrogen (secondary N) is 1. The highest BCUT2D eigenvalue weighted by Gasteiger charge is 2.60. The number of rotatable bonds is 7. The Morgan fingerprint density at radius 3 is 2.56 bits per heavy atom. The molecule has 4 aliphatic carbocycles. The third kappa shape index (κ3) is 4.44. The maximum Gasteiger partial charge on any atom is 0.303 e. The Labute approximate surface area is 216 Å². The number of carbonyl (C=O) groups is 1. The largest absolute Gasteiger partial charge is 0.481 e. The third-order valence-electron chi connectivity index (χ3n) is 11.5. The highest BCUT2D eigenvalue weighted by atomic mass is 32.2. The summed E-state index contributed by atoms with van der Waals surface area (Å²) in [6.45, 7) is 7.34. The van der Waals surface area contributed by atoms with Crippen molar-refractivity contribution in [2.45, 2.75) is 102 Å². The Hall–Kier alpha value is -1.41. The molecule has 7 nitrogen and oxygen atoms in total. The Bertz CT molecular complexity index is 1090. The Balaban J connectivity index is 1.26. The van der Waals surface area contributed by atoms with Crippen LogP contribution >= 0.6 is 0 Å². The molecule has 4 saturated carbocycles. The van der Waals surface area contributed by atoms with Crippen molar-refractivity contribution in [1.29, 1.82) is 0 Å². The lowest BCUT2D eigenvalue weighted by Crippen LogP contribution is -2.55. The maximum atomic E-state index is 12.9. The second-order valence-electron chi connectivity index (χ2n) is 13.2. The fraction of sp³-hybridized carbons (Fsp3) is 0.857. The van der Waals surface area contributed by atoms with Crippen molar-refractivity contribution >= 4 is 16.0 Å². The number of hydrogen-bond acceptors (Lipinski definition) is 4. The Kier molecular flexibility index (Phi) is 6.85. The molecule has 2 N–H and O–H groups in total. The molecule has 0 aliphatic heterocycles. The maximum absolute atomic E-state index is 12.9. The number of aryl methyl sites for hydroxylation is 1. The summed E-state index contributed by atoms with van der Waals surface area (Å²) in [6, 6.07) is 1.56. The number of carboxylic acid groups (broad SMARTS) is 1. The molecule has 4 aliphatic rings. The monoisotopic (exact) mass is 519 g/mol. The summed E-state index contributed by atoms with van der Waals surface area (Å²) in [5.74, 6) is 3.27. The second-order valence-corrected chi connectivity index (χ2v) is 14.9. The normalized spacial score (nSPS) is 41.2. The lowest BCUT2D eigenvalue weighted by atomic mass is 9.44. The van der Waals surface area contributed by atoms with E-state index in [0.29, 0.717) is 28.6 Å².